The minimum absolute atomic E-state index is 0.00734. The lowest BCUT2D eigenvalue weighted by molar-refractivity contribution is -0.116. The van der Waals surface area contributed by atoms with E-state index in [1.165, 1.54) is 0 Å². The second-order valence-electron chi connectivity index (χ2n) is 5.02. The number of carbonyl (C=O) groups excluding carboxylic acids is 1. The van der Waals surface area contributed by atoms with E-state index in [4.69, 9.17) is 11.6 Å². The number of carbonyl (C=O) groups is 1. The number of hydrogen-bond donors (Lipinski definition) is 1. The van der Waals surface area contributed by atoms with Gasteiger partial charge in [-0.3, -0.25) is 9.48 Å². The van der Waals surface area contributed by atoms with E-state index in [1.807, 2.05) is 51.2 Å². The van der Waals surface area contributed by atoms with E-state index in [0.717, 1.165) is 11.3 Å². The molecule has 1 aromatic carbocycles. The average molecular weight is 292 g/mol. The number of benzene rings is 1. The third kappa shape index (κ3) is 3.61. The van der Waals surface area contributed by atoms with Crippen molar-refractivity contribution in [3.8, 4) is 0 Å². The van der Waals surface area contributed by atoms with E-state index in [-0.39, 0.29) is 11.9 Å². The van der Waals surface area contributed by atoms with Crippen LogP contribution in [0.25, 0.3) is 0 Å². The Labute approximate surface area is 123 Å². The lowest BCUT2D eigenvalue weighted by atomic mass is 10.2. The van der Waals surface area contributed by atoms with Crippen molar-refractivity contribution in [1.29, 1.82) is 0 Å². The van der Waals surface area contributed by atoms with Gasteiger partial charge in [-0.15, -0.1) is 0 Å². The Morgan fingerprint density at radius 3 is 2.75 bits per heavy atom. The topological polar surface area (TPSA) is 46.9 Å². The summed E-state index contributed by atoms with van der Waals surface area (Å²) in [6.45, 7) is 5.84. The molecule has 1 heterocycles. The van der Waals surface area contributed by atoms with Crippen molar-refractivity contribution < 1.29 is 4.79 Å². The molecule has 0 fully saturated rings. The van der Waals surface area contributed by atoms with Crippen LogP contribution in [0.5, 0.6) is 0 Å². The molecule has 4 nitrogen and oxygen atoms in total. The Kier molecular flexibility index (Phi) is 4.45. The second-order valence-corrected chi connectivity index (χ2v) is 5.43. The van der Waals surface area contributed by atoms with E-state index in [1.54, 1.807) is 4.68 Å². The zero-order valence-electron chi connectivity index (χ0n) is 11.9. The van der Waals surface area contributed by atoms with Gasteiger partial charge in [0.05, 0.1) is 22.4 Å². The first kappa shape index (κ1) is 14.6. The van der Waals surface area contributed by atoms with Crippen LogP contribution in [-0.2, 0) is 4.79 Å². The van der Waals surface area contributed by atoms with Gasteiger partial charge in [0.15, 0.2) is 0 Å². The number of rotatable bonds is 4. The molecule has 5 heteroatoms. The van der Waals surface area contributed by atoms with E-state index in [9.17, 15) is 4.79 Å². The molecule has 0 aliphatic carbocycles. The van der Waals surface area contributed by atoms with Crippen LogP contribution in [0, 0.1) is 13.8 Å². The van der Waals surface area contributed by atoms with E-state index >= 15 is 0 Å². The average Bonchev–Trinajstić information content (AvgIpc) is 2.79. The highest BCUT2D eigenvalue weighted by atomic mass is 35.5. The van der Waals surface area contributed by atoms with Gasteiger partial charge in [0.1, 0.15) is 0 Å². The SMILES string of the molecule is Cc1ccc(NC(=O)C[C@H](C)n2ccc(C)n2)c(Cl)c1. The third-order valence-electron chi connectivity index (χ3n) is 3.07. The molecule has 1 N–H and O–H groups in total. The third-order valence-corrected chi connectivity index (χ3v) is 3.39. The Bertz CT molecular complexity index is 621. The molecule has 20 heavy (non-hydrogen) atoms. The maximum Gasteiger partial charge on any atom is 0.226 e. The Balaban J connectivity index is 1.98. The molecule has 0 aliphatic rings. The molecular weight excluding hydrogens is 274 g/mol. The number of anilines is 1. The highest BCUT2D eigenvalue weighted by molar-refractivity contribution is 6.33. The number of aryl methyl sites for hydroxylation is 2. The fraction of sp³-hybridized carbons (Fsp3) is 0.333. The summed E-state index contributed by atoms with van der Waals surface area (Å²) in [4.78, 5) is 12.0. The maximum absolute atomic E-state index is 12.0. The van der Waals surface area contributed by atoms with Gasteiger partial charge in [0, 0.05) is 12.6 Å². The number of amides is 1. The summed E-state index contributed by atoms with van der Waals surface area (Å²) in [6, 6.07) is 7.50. The van der Waals surface area contributed by atoms with Crippen LogP contribution in [0.4, 0.5) is 5.69 Å². The summed E-state index contributed by atoms with van der Waals surface area (Å²) >= 11 is 6.10. The van der Waals surface area contributed by atoms with Crippen molar-refractivity contribution in [2.45, 2.75) is 33.2 Å². The van der Waals surface area contributed by atoms with E-state index in [0.29, 0.717) is 17.1 Å². The van der Waals surface area contributed by atoms with Gasteiger partial charge < -0.3 is 5.32 Å². The summed E-state index contributed by atoms with van der Waals surface area (Å²) in [6.07, 6.45) is 2.23. The molecule has 0 spiro atoms. The fourth-order valence-corrected chi connectivity index (χ4v) is 2.25. The molecule has 1 amide bonds. The molecule has 0 saturated heterocycles. The minimum Gasteiger partial charge on any atom is -0.325 e. The highest BCUT2D eigenvalue weighted by Gasteiger charge is 2.13. The Hall–Kier alpha value is -1.81. The first-order chi connectivity index (χ1) is 9.45. The number of halogens is 1. The predicted molar refractivity (Wildman–Crippen MR) is 81.1 cm³/mol. The molecule has 0 radical (unpaired) electrons. The van der Waals surface area contributed by atoms with Gasteiger partial charge in [-0.2, -0.15) is 5.10 Å². The van der Waals surface area contributed by atoms with Crippen LogP contribution in [0.1, 0.15) is 30.6 Å². The van der Waals surface area contributed by atoms with Crippen molar-refractivity contribution >= 4 is 23.2 Å². The van der Waals surface area contributed by atoms with Crippen molar-refractivity contribution in [2.24, 2.45) is 0 Å². The predicted octanol–water partition coefficient (Wildman–Crippen LogP) is 3.74. The van der Waals surface area contributed by atoms with Crippen LogP contribution < -0.4 is 5.32 Å². The normalized spacial score (nSPS) is 12.2. The second kappa shape index (κ2) is 6.09. The summed E-state index contributed by atoms with van der Waals surface area (Å²) in [7, 11) is 0. The molecule has 2 rings (SSSR count). The van der Waals surface area contributed by atoms with Crippen LogP contribution in [-0.4, -0.2) is 15.7 Å². The van der Waals surface area contributed by atoms with Crippen molar-refractivity contribution in [3.05, 3.63) is 46.7 Å². The molecule has 106 valence electrons. The van der Waals surface area contributed by atoms with Gasteiger partial charge in [-0.25, -0.2) is 0 Å². The molecule has 2 aromatic rings. The fourth-order valence-electron chi connectivity index (χ4n) is 1.96. The lowest BCUT2D eigenvalue weighted by Gasteiger charge is -2.13. The number of nitrogens with zero attached hydrogens (tertiary/aromatic N) is 2. The molecule has 0 saturated carbocycles. The first-order valence-electron chi connectivity index (χ1n) is 6.53. The molecule has 0 bridgehead atoms. The van der Waals surface area contributed by atoms with Crippen LogP contribution >= 0.6 is 11.6 Å². The summed E-state index contributed by atoms with van der Waals surface area (Å²) in [5.41, 5.74) is 2.65. The molecule has 0 aliphatic heterocycles. The van der Waals surface area contributed by atoms with Crippen LogP contribution in [0.3, 0.4) is 0 Å². The highest BCUT2D eigenvalue weighted by Crippen LogP contribution is 2.23. The zero-order valence-corrected chi connectivity index (χ0v) is 12.6. The lowest BCUT2D eigenvalue weighted by Crippen LogP contribution is -2.18. The van der Waals surface area contributed by atoms with Crippen LogP contribution in [0.2, 0.25) is 5.02 Å². The first-order valence-corrected chi connectivity index (χ1v) is 6.91. The minimum atomic E-state index is -0.0728. The van der Waals surface area contributed by atoms with Gasteiger partial charge in [0.25, 0.3) is 0 Å². The molecule has 1 aromatic heterocycles. The maximum atomic E-state index is 12.0. The van der Waals surface area contributed by atoms with Crippen molar-refractivity contribution in [2.75, 3.05) is 5.32 Å². The summed E-state index contributed by atoms with van der Waals surface area (Å²) < 4.78 is 1.80. The largest absolute Gasteiger partial charge is 0.325 e. The number of hydrogen-bond acceptors (Lipinski definition) is 2. The monoisotopic (exact) mass is 291 g/mol. The van der Waals surface area contributed by atoms with Gasteiger partial charge >= 0.3 is 0 Å². The molecule has 0 unspecified atom stereocenters. The van der Waals surface area contributed by atoms with Crippen LogP contribution in [0.15, 0.2) is 30.5 Å². The smallest absolute Gasteiger partial charge is 0.226 e. The van der Waals surface area contributed by atoms with Gasteiger partial charge in [-0.05, 0) is 44.5 Å². The number of aromatic nitrogens is 2. The zero-order chi connectivity index (χ0) is 14.7. The number of nitrogens with one attached hydrogen (secondary N) is 1. The van der Waals surface area contributed by atoms with Crippen molar-refractivity contribution in [1.82, 2.24) is 9.78 Å². The Morgan fingerprint density at radius 2 is 2.15 bits per heavy atom. The quantitative estimate of drug-likeness (QED) is 0.933. The summed E-state index contributed by atoms with van der Waals surface area (Å²) in [5.74, 6) is -0.0728. The Morgan fingerprint density at radius 1 is 1.40 bits per heavy atom. The van der Waals surface area contributed by atoms with Crippen molar-refractivity contribution in [3.63, 3.8) is 0 Å². The van der Waals surface area contributed by atoms with E-state index in [2.05, 4.69) is 10.4 Å². The standard InChI is InChI=1S/C15H18ClN3O/c1-10-4-5-14(13(16)8-10)17-15(20)9-12(3)19-7-6-11(2)18-19/h4-8,12H,9H2,1-3H3,(H,17,20)/t12-/m0/s1. The molecular formula is C15H18ClN3O. The van der Waals surface area contributed by atoms with Gasteiger partial charge in [0.2, 0.25) is 5.91 Å². The molecule has 1 atom stereocenters. The summed E-state index contributed by atoms with van der Waals surface area (Å²) in [5, 5.41) is 7.70. The van der Waals surface area contributed by atoms with Gasteiger partial charge in [-0.1, -0.05) is 17.7 Å². The van der Waals surface area contributed by atoms with E-state index < -0.39 is 0 Å².